The zero-order valence-corrected chi connectivity index (χ0v) is 19.5. The van der Waals surface area contributed by atoms with Gasteiger partial charge in [0.2, 0.25) is 0 Å². The number of anilines is 1. The van der Waals surface area contributed by atoms with E-state index in [0.29, 0.717) is 39.0 Å². The third-order valence-corrected chi connectivity index (χ3v) is 5.95. The molecule has 2 aromatic heterocycles. The molecule has 0 fully saturated rings. The van der Waals surface area contributed by atoms with Crippen molar-refractivity contribution in [1.82, 2.24) is 9.38 Å². The number of thiazole rings is 1. The summed E-state index contributed by atoms with van der Waals surface area (Å²) in [5, 5.41) is 4.60. The number of ether oxygens (including phenoxy) is 3. The van der Waals surface area contributed by atoms with E-state index in [1.807, 2.05) is 12.3 Å². The van der Waals surface area contributed by atoms with Crippen molar-refractivity contribution < 1.29 is 23.8 Å². The highest BCUT2D eigenvalue weighted by Gasteiger charge is 2.13. The maximum atomic E-state index is 12.5. The molecule has 0 atom stereocenters. The van der Waals surface area contributed by atoms with Gasteiger partial charge in [0.1, 0.15) is 6.61 Å². The highest BCUT2D eigenvalue weighted by atomic mass is 32.1. The SMILES string of the molecule is COc1ccc(C(=O)Nc2ccc(C(=O)OCc3cc(=O)n4c(C)csc4n3)cc2)cc1OC. The van der Waals surface area contributed by atoms with Crippen molar-refractivity contribution in [1.29, 1.82) is 0 Å². The minimum Gasteiger partial charge on any atom is -0.493 e. The van der Waals surface area contributed by atoms with Gasteiger partial charge in [-0.2, -0.15) is 0 Å². The number of hydrogen-bond acceptors (Lipinski definition) is 8. The maximum absolute atomic E-state index is 12.5. The Balaban J connectivity index is 1.39. The van der Waals surface area contributed by atoms with E-state index in [2.05, 4.69) is 10.3 Å². The Kier molecular flexibility index (Phi) is 6.60. The van der Waals surface area contributed by atoms with Gasteiger partial charge in [0.25, 0.3) is 11.5 Å². The summed E-state index contributed by atoms with van der Waals surface area (Å²) in [4.78, 5) is 42.1. The largest absolute Gasteiger partial charge is 0.493 e. The van der Waals surface area contributed by atoms with Gasteiger partial charge in [0.05, 0.1) is 25.5 Å². The van der Waals surface area contributed by atoms with Crippen LogP contribution in [0.2, 0.25) is 0 Å². The molecule has 0 bridgehead atoms. The van der Waals surface area contributed by atoms with Crippen LogP contribution in [-0.2, 0) is 11.3 Å². The average molecular weight is 480 g/mol. The number of nitrogens with zero attached hydrogens (tertiary/aromatic N) is 2. The van der Waals surface area contributed by atoms with Crippen molar-refractivity contribution in [2.45, 2.75) is 13.5 Å². The van der Waals surface area contributed by atoms with Crippen molar-refractivity contribution in [3.63, 3.8) is 0 Å². The second-order valence-corrected chi connectivity index (χ2v) is 8.09. The predicted molar refractivity (Wildman–Crippen MR) is 127 cm³/mol. The molecule has 0 saturated carbocycles. The molecular formula is C24H21N3O6S. The Morgan fingerprint density at radius 3 is 2.41 bits per heavy atom. The van der Waals surface area contributed by atoms with E-state index in [9.17, 15) is 14.4 Å². The predicted octanol–water partition coefficient (Wildman–Crippen LogP) is 3.69. The molecular weight excluding hydrogens is 458 g/mol. The number of aromatic nitrogens is 2. The van der Waals surface area contributed by atoms with Crippen LogP contribution in [0.25, 0.3) is 4.96 Å². The molecule has 0 unspecified atom stereocenters. The van der Waals surface area contributed by atoms with Gasteiger partial charge in [-0.05, 0) is 49.4 Å². The Morgan fingerprint density at radius 2 is 1.71 bits per heavy atom. The summed E-state index contributed by atoms with van der Waals surface area (Å²) in [6.07, 6.45) is 0. The van der Waals surface area contributed by atoms with Crippen LogP contribution in [0.5, 0.6) is 11.5 Å². The quantitative estimate of drug-likeness (QED) is 0.403. The summed E-state index contributed by atoms with van der Waals surface area (Å²) < 4.78 is 17.2. The minimum absolute atomic E-state index is 0.126. The van der Waals surface area contributed by atoms with Crippen LogP contribution in [0.3, 0.4) is 0 Å². The van der Waals surface area contributed by atoms with Gasteiger partial charge in [-0.1, -0.05) is 0 Å². The van der Waals surface area contributed by atoms with Gasteiger partial charge in [-0.25, -0.2) is 9.78 Å². The smallest absolute Gasteiger partial charge is 0.338 e. The highest BCUT2D eigenvalue weighted by molar-refractivity contribution is 7.15. The molecule has 2 aromatic carbocycles. The first-order valence-electron chi connectivity index (χ1n) is 10.2. The molecule has 1 N–H and O–H groups in total. The van der Waals surface area contributed by atoms with E-state index in [0.717, 1.165) is 5.69 Å². The van der Waals surface area contributed by atoms with Gasteiger partial charge < -0.3 is 19.5 Å². The lowest BCUT2D eigenvalue weighted by molar-refractivity contribution is 0.0467. The summed E-state index contributed by atoms with van der Waals surface area (Å²) in [7, 11) is 3.01. The maximum Gasteiger partial charge on any atom is 0.338 e. The third-order valence-electron chi connectivity index (χ3n) is 5.00. The molecule has 10 heteroatoms. The van der Waals surface area contributed by atoms with Gasteiger partial charge >= 0.3 is 5.97 Å². The van der Waals surface area contributed by atoms with Crippen LogP contribution >= 0.6 is 11.3 Å². The number of esters is 1. The number of benzene rings is 2. The molecule has 0 aliphatic heterocycles. The molecule has 0 spiro atoms. The van der Waals surface area contributed by atoms with E-state index in [1.54, 1.807) is 42.5 Å². The summed E-state index contributed by atoms with van der Waals surface area (Å²) in [6.45, 7) is 1.70. The summed E-state index contributed by atoms with van der Waals surface area (Å²) in [5.41, 5.74) is 2.16. The second-order valence-electron chi connectivity index (χ2n) is 7.26. The van der Waals surface area contributed by atoms with E-state index >= 15 is 0 Å². The summed E-state index contributed by atoms with van der Waals surface area (Å²) in [6, 6.07) is 12.5. The first kappa shape index (κ1) is 23.0. The molecule has 0 radical (unpaired) electrons. The number of amides is 1. The van der Waals surface area contributed by atoms with Gasteiger partial charge in [0.15, 0.2) is 16.5 Å². The van der Waals surface area contributed by atoms with Crippen LogP contribution < -0.4 is 20.3 Å². The van der Waals surface area contributed by atoms with Crippen LogP contribution in [0, 0.1) is 6.92 Å². The number of carbonyl (C=O) groups is 2. The van der Waals surface area contributed by atoms with E-state index in [1.165, 1.54) is 36.0 Å². The number of rotatable bonds is 7. The molecule has 1 amide bonds. The summed E-state index contributed by atoms with van der Waals surface area (Å²) in [5.74, 6) is 0.0570. The molecule has 2 heterocycles. The zero-order chi connectivity index (χ0) is 24.2. The van der Waals surface area contributed by atoms with Crippen molar-refractivity contribution in [2.24, 2.45) is 0 Å². The van der Waals surface area contributed by atoms with Gasteiger partial charge in [-0.15, -0.1) is 11.3 Å². The third kappa shape index (κ3) is 4.76. The normalized spacial score (nSPS) is 10.7. The molecule has 34 heavy (non-hydrogen) atoms. The fourth-order valence-corrected chi connectivity index (χ4v) is 4.16. The van der Waals surface area contributed by atoms with Gasteiger partial charge in [-0.3, -0.25) is 14.0 Å². The fourth-order valence-electron chi connectivity index (χ4n) is 3.27. The van der Waals surface area contributed by atoms with E-state index < -0.39 is 5.97 Å². The molecule has 0 saturated heterocycles. The first-order valence-corrected chi connectivity index (χ1v) is 11.0. The Bertz CT molecular complexity index is 1430. The molecule has 174 valence electrons. The number of aryl methyl sites for hydroxylation is 1. The van der Waals surface area contributed by atoms with Gasteiger partial charge in [0, 0.05) is 28.4 Å². The second kappa shape index (κ2) is 9.75. The number of methoxy groups -OCH3 is 2. The van der Waals surface area contributed by atoms with Crippen molar-refractivity contribution in [3.8, 4) is 11.5 Å². The molecule has 9 nitrogen and oxygen atoms in total. The number of nitrogens with one attached hydrogen (secondary N) is 1. The highest BCUT2D eigenvalue weighted by Crippen LogP contribution is 2.28. The minimum atomic E-state index is -0.567. The van der Waals surface area contributed by atoms with Crippen molar-refractivity contribution in [3.05, 3.63) is 86.8 Å². The standard InChI is InChI=1S/C24H21N3O6S/c1-14-13-34-24-26-18(11-21(28)27(14)24)12-33-23(30)15-4-7-17(8-5-15)25-22(29)16-6-9-19(31-2)20(10-16)32-3/h4-11,13H,12H2,1-3H3,(H,25,29). The lowest BCUT2D eigenvalue weighted by Gasteiger charge is -2.10. The van der Waals surface area contributed by atoms with Crippen LogP contribution in [0.1, 0.15) is 32.1 Å². The van der Waals surface area contributed by atoms with Crippen LogP contribution in [0.4, 0.5) is 5.69 Å². The Hall–Kier alpha value is -4.18. The molecule has 4 aromatic rings. The fraction of sp³-hybridized carbons (Fsp3) is 0.167. The molecule has 0 aliphatic carbocycles. The molecule has 0 aliphatic rings. The number of fused-ring (bicyclic) bond motifs is 1. The number of hydrogen-bond donors (Lipinski definition) is 1. The topological polar surface area (TPSA) is 108 Å². The lowest BCUT2D eigenvalue weighted by Crippen LogP contribution is -2.16. The Morgan fingerprint density at radius 1 is 1.00 bits per heavy atom. The first-order chi connectivity index (χ1) is 16.4. The zero-order valence-electron chi connectivity index (χ0n) is 18.7. The number of carbonyl (C=O) groups excluding carboxylic acids is 2. The van der Waals surface area contributed by atoms with Crippen LogP contribution in [-0.4, -0.2) is 35.5 Å². The van der Waals surface area contributed by atoms with E-state index in [4.69, 9.17) is 14.2 Å². The average Bonchev–Trinajstić information content (AvgIpc) is 3.23. The Labute approximate surface area is 198 Å². The van der Waals surface area contributed by atoms with E-state index in [-0.39, 0.29) is 18.1 Å². The van der Waals surface area contributed by atoms with Crippen LogP contribution in [0.15, 0.2) is 58.7 Å². The van der Waals surface area contributed by atoms with Crippen molar-refractivity contribution in [2.75, 3.05) is 19.5 Å². The monoisotopic (exact) mass is 479 g/mol. The summed E-state index contributed by atoms with van der Waals surface area (Å²) >= 11 is 1.35. The van der Waals surface area contributed by atoms with Crippen molar-refractivity contribution >= 4 is 33.9 Å². The lowest BCUT2D eigenvalue weighted by atomic mass is 10.1. The molecule has 4 rings (SSSR count).